The van der Waals surface area contributed by atoms with E-state index < -0.39 is 0 Å². The first kappa shape index (κ1) is 11.6. The molecule has 16 heavy (non-hydrogen) atoms. The van der Waals surface area contributed by atoms with Crippen LogP contribution >= 0.6 is 27.3 Å². The van der Waals surface area contributed by atoms with E-state index in [1.165, 1.54) is 9.75 Å². The van der Waals surface area contributed by atoms with Crippen LogP contribution in [0.2, 0.25) is 0 Å². The van der Waals surface area contributed by atoms with Gasteiger partial charge in [0.05, 0.1) is 11.7 Å². The minimum Gasteiger partial charge on any atom is -0.376 e. The number of rotatable bonds is 3. The van der Waals surface area contributed by atoms with Crippen molar-refractivity contribution in [3.63, 3.8) is 0 Å². The lowest BCUT2D eigenvalue weighted by atomic mass is 10.2. The lowest BCUT2D eigenvalue weighted by molar-refractivity contribution is 0.903. The highest BCUT2D eigenvalue weighted by molar-refractivity contribution is 9.10. The summed E-state index contributed by atoms with van der Waals surface area (Å²) in [7, 11) is 0. The second-order valence-corrected chi connectivity index (χ2v) is 5.73. The molecule has 0 fully saturated rings. The fraction of sp³-hybridized carbons (Fsp3) is 0.250. The zero-order valence-electron chi connectivity index (χ0n) is 9.20. The molecule has 0 bridgehead atoms. The largest absolute Gasteiger partial charge is 0.376 e. The molecule has 84 valence electrons. The van der Waals surface area contributed by atoms with Crippen LogP contribution in [0.15, 0.2) is 35.1 Å². The Balaban J connectivity index is 2.13. The van der Waals surface area contributed by atoms with Gasteiger partial charge >= 0.3 is 0 Å². The van der Waals surface area contributed by atoms with E-state index in [1.54, 1.807) is 6.20 Å². The zero-order chi connectivity index (χ0) is 11.5. The third-order valence-electron chi connectivity index (χ3n) is 2.32. The average Bonchev–Trinajstić information content (AvgIpc) is 2.68. The van der Waals surface area contributed by atoms with Gasteiger partial charge in [-0.3, -0.25) is 0 Å². The van der Waals surface area contributed by atoms with Crippen LogP contribution in [0.25, 0.3) is 0 Å². The van der Waals surface area contributed by atoms with E-state index >= 15 is 0 Å². The van der Waals surface area contributed by atoms with Gasteiger partial charge in [0.2, 0.25) is 0 Å². The molecule has 1 N–H and O–H groups in total. The van der Waals surface area contributed by atoms with Crippen molar-refractivity contribution in [2.24, 2.45) is 0 Å². The first-order valence-electron chi connectivity index (χ1n) is 5.10. The molecule has 1 atom stereocenters. The van der Waals surface area contributed by atoms with E-state index in [1.807, 2.05) is 23.5 Å². The quantitative estimate of drug-likeness (QED) is 0.850. The number of hydrogen-bond acceptors (Lipinski definition) is 3. The molecule has 0 aliphatic rings. The number of pyridine rings is 1. The summed E-state index contributed by atoms with van der Waals surface area (Å²) in [4.78, 5) is 6.87. The maximum absolute atomic E-state index is 4.19. The predicted molar refractivity (Wildman–Crippen MR) is 73.0 cm³/mol. The van der Waals surface area contributed by atoms with Gasteiger partial charge in [-0.25, -0.2) is 4.98 Å². The molecule has 0 radical (unpaired) electrons. The number of nitrogens with zero attached hydrogens (tertiary/aromatic N) is 1. The third kappa shape index (κ3) is 2.62. The predicted octanol–water partition coefficient (Wildman–Crippen LogP) is 4.39. The highest BCUT2D eigenvalue weighted by Crippen LogP contribution is 2.28. The van der Waals surface area contributed by atoms with Crippen molar-refractivity contribution in [3.05, 3.63) is 44.8 Å². The van der Waals surface area contributed by atoms with E-state index in [0.29, 0.717) is 6.04 Å². The van der Waals surface area contributed by atoms with Crippen molar-refractivity contribution in [1.29, 1.82) is 0 Å². The molecule has 2 aromatic rings. The highest BCUT2D eigenvalue weighted by atomic mass is 79.9. The smallest absolute Gasteiger partial charge is 0.129 e. The summed E-state index contributed by atoms with van der Waals surface area (Å²) < 4.78 is 0.857. The number of anilines is 1. The van der Waals surface area contributed by atoms with Gasteiger partial charge < -0.3 is 5.32 Å². The first-order valence-corrected chi connectivity index (χ1v) is 6.71. The van der Waals surface area contributed by atoms with E-state index in [2.05, 4.69) is 52.2 Å². The number of aryl methyl sites for hydroxylation is 1. The molecule has 0 saturated carbocycles. The summed E-state index contributed by atoms with van der Waals surface area (Å²) in [6, 6.07) is 8.57. The van der Waals surface area contributed by atoms with Gasteiger partial charge in [0.15, 0.2) is 0 Å². The number of nitrogens with one attached hydrogen (secondary N) is 1. The van der Waals surface area contributed by atoms with E-state index in [4.69, 9.17) is 0 Å². The van der Waals surface area contributed by atoms with Crippen LogP contribution in [-0.4, -0.2) is 4.98 Å². The summed E-state index contributed by atoms with van der Waals surface area (Å²) >= 11 is 5.26. The lowest BCUT2D eigenvalue weighted by Gasteiger charge is -2.14. The maximum atomic E-state index is 4.19. The molecule has 2 heterocycles. The minimum absolute atomic E-state index is 0.305. The van der Waals surface area contributed by atoms with Crippen LogP contribution in [0, 0.1) is 6.92 Å². The normalized spacial score (nSPS) is 12.4. The van der Waals surface area contributed by atoms with Crippen molar-refractivity contribution >= 4 is 33.0 Å². The Morgan fingerprint density at radius 3 is 2.81 bits per heavy atom. The molecule has 0 spiro atoms. The second-order valence-electron chi connectivity index (χ2n) is 3.66. The van der Waals surface area contributed by atoms with Crippen molar-refractivity contribution in [2.45, 2.75) is 19.9 Å². The molecule has 2 aromatic heterocycles. The Labute approximate surface area is 108 Å². The van der Waals surface area contributed by atoms with Crippen LogP contribution < -0.4 is 5.32 Å². The van der Waals surface area contributed by atoms with Crippen LogP contribution in [0.4, 0.5) is 5.69 Å². The fourth-order valence-electron chi connectivity index (χ4n) is 1.48. The summed E-state index contributed by atoms with van der Waals surface area (Å²) in [5.41, 5.74) is 1.03. The number of aromatic nitrogens is 1. The molecule has 0 amide bonds. The zero-order valence-corrected chi connectivity index (χ0v) is 11.6. The van der Waals surface area contributed by atoms with Gasteiger partial charge in [-0.1, -0.05) is 0 Å². The van der Waals surface area contributed by atoms with Crippen molar-refractivity contribution < 1.29 is 0 Å². The van der Waals surface area contributed by atoms with Crippen LogP contribution in [0.3, 0.4) is 0 Å². The van der Waals surface area contributed by atoms with Gasteiger partial charge in [0.25, 0.3) is 0 Å². The molecule has 0 aliphatic heterocycles. The van der Waals surface area contributed by atoms with Gasteiger partial charge in [-0.05, 0) is 54.0 Å². The SMILES string of the molecule is Cc1ccc(C(C)Nc2cccnc2Br)s1. The molecule has 1 unspecified atom stereocenters. The molecule has 0 aromatic carbocycles. The second kappa shape index (κ2) is 4.97. The Morgan fingerprint density at radius 2 is 2.19 bits per heavy atom. The highest BCUT2D eigenvalue weighted by Gasteiger charge is 2.09. The molecule has 4 heteroatoms. The summed E-state index contributed by atoms with van der Waals surface area (Å²) in [5, 5.41) is 3.44. The molecule has 2 nitrogen and oxygen atoms in total. The molecule has 2 rings (SSSR count). The summed E-state index contributed by atoms with van der Waals surface area (Å²) in [6.07, 6.45) is 1.77. The van der Waals surface area contributed by atoms with Gasteiger partial charge in [0, 0.05) is 16.0 Å². The number of hydrogen-bond donors (Lipinski definition) is 1. The summed E-state index contributed by atoms with van der Waals surface area (Å²) in [5.74, 6) is 0. The molecular formula is C12H13BrN2S. The molecule has 0 aliphatic carbocycles. The Kier molecular flexibility index (Phi) is 3.61. The average molecular weight is 297 g/mol. The molecular weight excluding hydrogens is 284 g/mol. The maximum Gasteiger partial charge on any atom is 0.129 e. The van der Waals surface area contributed by atoms with Gasteiger partial charge in [0.1, 0.15) is 4.60 Å². The van der Waals surface area contributed by atoms with E-state index in [-0.39, 0.29) is 0 Å². The fourth-order valence-corrected chi connectivity index (χ4v) is 2.73. The number of thiophene rings is 1. The Hall–Kier alpha value is -0.870. The molecule has 0 saturated heterocycles. The first-order chi connectivity index (χ1) is 7.66. The van der Waals surface area contributed by atoms with Crippen LogP contribution in [0.1, 0.15) is 22.7 Å². The Bertz CT molecular complexity index is 481. The van der Waals surface area contributed by atoms with E-state index in [0.717, 1.165) is 10.3 Å². The number of halogens is 1. The monoisotopic (exact) mass is 296 g/mol. The van der Waals surface area contributed by atoms with Crippen LogP contribution in [0.5, 0.6) is 0 Å². The van der Waals surface area contributed by atoms with Crippen LogP contribution in [-0.2, 0) is 0 Å². The van der Waals surface area contributed by atoms with Gasteiger partial charge in [-0.2, -0.15) is 0 Å². The van der Waals surface area contributed by atoms with Crippen molar-refractivity contribution in [2.75, 3.05) is 5.32 Å². The van der Waals surface area contributed by atoms with E-state index in [9.17, 15) is 0 Å². The van der Waals surface area contributed by atoms with Crippen molar-refractivity contribution in [3.8, 4) is 0 Å². The van der Waals surface area contributed by atoms with Gasteiger partial charge in [-0.15, -0.1) is 11.3 Å². The Morgan fingerprint density at radius 1 is 1.38 bits per heavy atom. The third-order valence-corrected chi connectivity index (χ3v) is 4.13. The lowest BCUT2D eigenvalue weighted by Crippen LogP contribution is -2.05. The topological polar surface area (TPSA) is 24.9 Å². The van der Waals surface area contributed by atoms with Crippen molar-refractivity contribution in [1.82, 2.24) is 4.98 Å². The minimum atomic E-state index is 0.305. The summed E-state index contributed by atoms with van der Waals surface area (Å²) in [6.45, 7) is 4.28. The standard InChI is InChI=1S/C12H13BrN2S/c1-8-5-6-11(16-8)9(2)15-10-4-3-7-14-12(10)13/h3-7,9,15H,1-2H3.